The third kappa shape index (κ3) is 5.57. The summed E-state index contributed by atoms with van der Waals surface area (Å²) >= 11 is 0. The van der Waals surface area contributed by atoms with Gasteiger partial charge in [-0.05, 0) is 45.4 Å². The number of aliphatic imine (C=N–C) groups is 1. The summed E-state index contributed by atoms with van der Waals surface area (Å²) in [6, 6.07) is 6.75. The summed E-state index contributed by atoms with van der Waals surface area (Å²) in [7, 11) is 0. The first kappa shape index (κ1) is 17.8. The number of ether oxygens (including phenoxy) is 3. The maximum atomic E-state index is 11.8. The fourth-order valence-corrected chi connectivity index (χ4v) is 1.90. The van der Waals surface area contributed by atoms with Crippen LogP contribution in [0.2, 0.25) is 0 Å². The highest BCUT2D eigenvalue weighted by molar-refractivity contribution is 6.33. The lowest BCUT2D eigenvalue weighted by atomic mass is 10.2. The molecule has 1 aromatic rings. The number of hydrogen-bond donors (Lipinski definition) is 1. The first-order valence-electron chi connectivity index (χ1n) is 7.71. The molecule has 0 saturated heterocycles. The number of hydrogen-bond acceptors (Lipinski definition) is 6. The second kappa shape index (κ2) is 7.33. The minimum atomic E-state index is -0.612. The van der Waals surface area contributed by atoms with Gasteiger partial charge < -0.3 is 19.5 Å². The third-order valence-corrected chi connectivity index (χ3v) is 2.94. The van der Waals surface area contributed by atoms with E-state index in [0.717, 1.165) is 5.56 Å². The van der Waals surface area contributed by atoms with E-state index in [1.165, 1.54) is 0 Å². The maximum Gasteiger partial charge on any atom is 0.407 e. The summed E-state index contributed by atoms with van der Waals surface area (Å²) in [4.78, 5) is 27.5. The SMILES string of the molecule is CC1COC(C(=O)Oc2ccc(CNC(=O)OC(C)(C)C)cc2)=N1. The molecule has 130 valence electrons. The number of rotatable bonds is 4. The minimum absolute atomic E-state index is 0.00170. The van der Waals surface area contributed by atoms with Crippen LogP contribution in [0, 0.1) is 0 Å². The highest BCUT2D eigenvalue weighted by Gasteiger charge is 2.23. The van der Waals surface area contributed by atoms with Crippen LogP contribution in [0.1, 0.15) is 33.3 Å². The Hall–Kier alpha value is -2.57. The lowest BCUT2D eigenvalue weighted by Gasteiger charge is -2.19. The predicted octanol–water partition coefficient (Wildman–Crippen LogP) is 2.43. The van der Waals surface area contributed by atoms with Gasteiger partial charge in [-0.2, -0.15) is 0 Å². The lowest BCUT2D eigenvalue weighted by Crippen LogP contribution is -2.32. The summed E-state index contributed by atoms with van der Waals surface area (Å²) < 4.78 is 15.5. The Kier molecular flexibility index (Phi) is 5.43. The largest absolute Gasteiger partial charge is 0.470 e. The zero-order chi connectivity index (χ0) is 17.7. The molecule has 0 aromatic heterocycles. The van der Waals surface area contributed by atoms with Crippen molar-refractivity contribution in [3.05, 3.63) is 29.8 Å². The van der Waals surface area contributed by atoms with Crippen molar-refractivity contribution in [1.29, 1.82) is 0 Å². The minimum Gasteiger partial charge on any atom is -0.470 e. The normalized spacial score (nSPS) is 16.8. The summed E-state index contributed by atoms with van der Waals surface area (Å²) in [5.41, 5.74) is 0.314. The standard InChI is InChI=1S/C17H22N2O5/c1-11-10-22-14(19-11)15(20)23-13-7-5-12(6-8-13)9-18-16(21)24-17(2,3)4/h5-8,11H,9-10H2,1-4H3,(H,18,21). The van der Waals surface area contributed by atoms with Crippen LogP contribution in [0.15, 0.2) is 29.3 Å². The molecule has 0 saturated carbocycles. The van der Waals surface area contributed by atoms with Crippen LogP contribution >= 0.6 is 0 Å². The van der Waals surface area contributed by atoms with Gasteiger partial charge in [0.05, 0.1) is 6.04 Å². The van der Waals surface area contributed by atoms with Crippen molar-refractivity contribution in [2.75, 3.05) is 6.61 Å². The molecule has 1 amide bonds. The van der Waals surface area contributed by atoms with E-state index in [1.54, 1.807) is 45.0 Å². The quantitative estimate of drug-likeness (QED) is 0.675. The van der Waals surface area contributed by atoms with Gasteiger partial charge in [-0.1, -0.05) is 12.1 Å². The third-order valence-electron chi connectivity index (χ3n) is 2.94. The molecule has 1 aromatic carbocycles. The van der Waals surface area contributed by atoms with Crippen molar-refractivity contribution in [3.63, 3.8) is 0 Å². The second-order valence-electron chi connectivity index (χ2n) is 6.48. The van der Waals surface area contributed by atoms with Crippen molar-refractivity contribution < 1.29 is 23.8 Å². The number of nitrogens with zero attached hydrogens (tertiary/aromatic N) is 1. The van der Waals surface area contributed by atoms with Gasteiger partial charge in [0.15, 0.2) is 0 Å². The van der Waals surface area contributed by atoms with Crippen LogP contribution in [0.25, 0.3) is 0 Å². The van der Waals surface area contributed by atoms with E-state index in [0.29, 0.717) is 18.9 Å². The highest BCUT2D eigenvalue weighted by Crippen LogP contribution is 2.14. The molecule has 1 aliphatic heterocycles. The van der Waals surface area contributed by atoms with E-state index in [1.807, 2.05) is 6.92 Å². The number of carbonyl (C=O) groups excluding carboxylic acids is 2. The van der Waals surface area contributed by atoms with Gasteiger partial charge in [-0.15, -0.1) is 0 Å². The molecule has 7 nitrogen and oxygen atoms in total. The molecule has 0 radical (unpaired) electrons. The molecule has 1 N–H and O–H groups in total. The van der Waals surface area contributed by atoms with Gasteiger partial charge in [-0.25, -0.2) is 14.6 Å². The van der Waals surface area contributed by atoms with Gasteiger partial charge >= 0.3 is 12.1 Å². The molecule has 7 heteroatoms. The molecule has 1 unspecified atom stereocenters. The molecule has 0 bridgehead atoms. The van der Waals surface area contributed by atoms with Crippen LogP contribution in [0.4, 0.5) is 4.79 Å². The van der Waals surface area contributed by atoms with Crippen molar-refractivity contribution in [1.82, 2.24) is 5.32 Å². The zero-order valence-electron chi connectivity index (χ0n) is 14.3. The average Bonchev–Trinajstić information content (AvgIpc) is 2.91. The first-order chi connectivity index (χ1) is 11.2. The van der Waals surface area contributed by atoms with Crippen molar-refractivity contribution in [2.45, 2.75) is 45.9 Å². The van der Waals surface area contributed by atoms with E-state index >= 15 is 0 Å². The molecule has 0 fully saturated rings. The van der Waals surface area contributed by atoms with Crippen LogP contribution in [0.5, 0.6) is 5.75 Å². The number of benzene rings is 1. The molecule has 24 heavy (non-hydrogen) atoms. The molecule has 0 spiro atoms. The van der Waals surface area contributed by atoms with Crippen LogP contribution in [-0.4, -0.2) is 36.2 Å². The smallest absolute Gasteiger partial charge is 0.407 e. The highest BCUT2D eigenvalue weighted by atomic mass is 16.6. The Morgan fingerprint density at radius 2 is 1.96 bits per heavy atom. The van der Waals surface area contributed by atoms with E-state index in [-0.39, 0.29) is 11.9 Å². The number of alkyl carbamates (subject to hydrolysis) is 1. The van der Waals surface area contributed by atoms with Crippen molar-refractivity contribution >= 4 is 18.0 Å². The van der Waals surface area contributed by atoms with Gasteiger partial charge in [0.2, 0.25) is 0 Å². The molecular weight excluding hydrogens is 312 g/mol. The maximum absolute atomic E-state index is 11.8. The van der Waals surface area contributed by atoms with E-state index in [4.69, 9.17) is 14.2 Å². The molecule has 1 atom stereocenters. The number of nitrogens with one attached hydrogen (secondary N) is 1. The molecular formula is C17H22N2O5. The summed E-state index contributed by atoms with van der Waals surface area (Å²) in [6.45, 7) is 7.96. The van der Waals surface area contributed by atoms with Gasteiger partial charge in [0.25, 0.3) is 5.90 Å². The van der Waals surface area contributed by atoms with Gasteiger partial charge in [0.1, 0.15) is 18.0 Å². The molecule has 0 aliphatic carbocycles. The predicted molar refractivity (Wildman–Crippen MR) is 88.0 cm³/mol. The summed E-state index contributed by atoms with van der Waals surface area (Å²) in [5, 5.41) is 2.66. The number of carbonyl (C=O) groups is 2. The Balaban J connectivity index is 1.83. The molecule has 1 aliphatic rings. The zero-order valence-corrected chi connectivity index (χ0v) is 14.3. The number of amides is 1. The van der Waals surface area contributed by atoms with Gasteiger partial charge in [-0.3, -0.25) is 0 Å². The fraction of sp³-hybridized carbons (Fsp3) is 0.471. The van der Waals surface area contributed by atoms with Crippen LogP contribution < -0.4 is 10.1 Å². The van der Waals surface area contributed by atoms with Crippen molar-refractivity contribution in [2.24, 2.45) is 4.99 Å². The number of esters is 1. The second-order valence-corrected chi connectivity index (χ2v) is 6.48. The molecule has 1 heterocycles. The summed E-state index contributed by atoms with van der Waals surface area (Å²) in [6.07, 6.45) is -0.483. The lowest BCUT2D eigenvalue weighted by molar-refractivity contribution is -0.128. The van der Waals surface area contributed by atoms with E-state index in [2.05, 4.69) is 10.3 Å². The average molecular weight is 334 g/mol. The first-order valence-corrected chi connectivity index (χ1v) is 7.71. The van der Waals surface area contributed by atoms with E-state index in [9.17, 15) is 9.59 Å². The van der Waals surface area contributed by atoms with Crippen LogP contribution in [-0.2, 0) is 20.8 Å². The molecule has 2 rings (SSSR count). The Labute approximate surface area is 141 Å². The Morgan fingerprint density at radius 3 is 2.50 bits per heavy atom. The van der Waals surface area contributed by atoms with Gasteiger partial charge in [0, 0.05) is 6.54 Å². The monoisotopic (exact) mass is 334 g/mol. The van der Waals surface area contributed by atoms with E-state index < -0.39 is 17.7 Å². The van der Waals surface area contributed by atoms with Crippen molar-refractivity contribution in [3.8, 4) is 5.75 Å². The fourth-order valence-electron chi connectivity index (χ4n) is 1.90. The topological polar surface area (TPSA) is 86.2 Å². The Bertz CT molecular complexity index is 631. The Morgan fingerprint density at radius 1 is 1.29 bits per heavy atom. The van der Waals surface area contributed by atoms with Crippen LogP contribution in [0.3, 0.4) is 0 Å². The summed E-state index contributed by atoms with van der Waals surface area (Å²) in [5.74, 6) is -0.232.